The van der Waals surface area contributed by atoms with Gasteiger partial charge in [0.25, 0.3) is 0 Å². The van der Waals surface area contributed by atoms with E-state index in [1.165, 1.54) is 0 Å². The van der Waals surface area contributed by atoms with Gasteiger partial charge in [-0.25, -0.2) is 4.79 Å². The zero-order valence-corrected chi connectivity index (χ0v) is 15.7. The van der Waals surface area contributed by atoms with Gasteiger partial charge >= 0.3 is 5.97 Å². The SMILES string of the molecule is CCOC(=O)c1c(CBr)n(-c2ccccc2)c2cc(Br)ccc12. The summed E-state index contributed by atoms with van der Waals surface area (Å²) in [6, 6.07) is 15.9. The average Bonchev–Trinajstić information content (AvgIpc) is 2.89. The van der Waals surface area contributed by atoms with Crippen LogP contribution < -0.4 is 0 Å². The van der Waals surface area contributed by atoms with Crippen LogP contribution >= 0.6 is 31.9 Å². The molecule has 1 heterocycles. The number of alkyl halides is 1. The van der Waals surface area contributed by atoms with Crippen molar-refractivity contribution in [1.29, 1.82) is 0 Å². The molecule has 1 aromatic heterocycles. The molecular formula is C18H15Br2NO2. The maximum atomic E-state index is 12.5. The van der Waals surface area contributed by atoms with Crippen molar-refractivity contribution in [2.45, 2.75) is 12.3 Å². The van der Waals surface area contributed by atoms with Crippen LogP contribution in [0.5, 0.6) is 0 Å². The second kappa shape index (κ2) is 6.89. The molecule has 0 aliphatic rings. The molecule has 5 heteroatoms. The number of aromatic nitrogens is 1. The summed E-state index contributed by atoms with van der Waals surface area (Å²) in [5.74, 6) is -0.288. The number of nitrogens with zero attached hydrogens (tertiary/aromatic N) is 1. The summed E-state index contributed by atoms with van der Waals surface area (Å²) in [6.45, 7) is 2.17. The van der Waals surface area contributed by atoms with E-state index in [0.29, 0.717) is 17.5 Å². The summed E-state index contributed by atoms with van der Waals surface area (Å²) in [4.78, 5) is 12.5. The van der Waals surface area contributed by atoms with Crippen molar-refractivity contribution in [3.8, 4) is 5.69 Å². The summed E-state index contributed by atoms with van der Waals surface area (Å²) in [5, 5.41) is 1.45. The minimum Gasteiger partial charge on any atom is -0.462 e. The van der Waals surface area contributed by atoms with Crippen LogP contribution in [0.4, 0.5) is 0 Å². The Bertz CT molecular complexity index is 856. The molecule has 3 nitrogen and oxygen atoms in total. The summed E-state index contributed by atoms with van der Waals surface area (Å²) in [7, 11) is 0. The van der Waals surface area contributed by atoms with Crippen LogP contribution in [0.3, 0.4) is 0 Å². The monoisotopic (exact) mass is 435 g/mol. The minimum absolute atomic E-state index is 0.288. The number of hydrogen-bond acceptors (Lipinski definition) is 2. The van der Waals surface area contributed by atoms with Crippen LogP contribution in [-0.4, -0.2) is 17.1 Å². The van der Waals surface area contributed by atoms with Crippen molar-refractivity contribution in [2.24, 2.45) is 0 Å². The molecule has 0 fully saturated rings. The Hall–Kier alpha value is -1.59. The van der Waals surface area contributed by atoms with Gasteiger partial charge in [-0.05, 0) is 31.2 Å². The summed E-state index contributed by atoms with van der Waals surface area (Å²) < 4.78 is 8.34. The summed E-state index contributed by atoms with van der Waals surface area (Å²) >= 11 is 7.05. The number of carbonyl (C=O) groups is 1. The molecule has 0 saturated heterocycles. The molecule has 3 rings (SSSR count). The molecule has 0 unspecified atom stereocenters. The fourth-order valence-electron chi connectivity index (χ4n) is 2.74. The number of ether oxygens (including phenoxy) is 1. The van der Waals surface area contributed by atoms with Crippen LogP contribution in [0.2, 0.25) is 0 Å². The molecule has 0 aliphatic carbocycles. The second-order valence-electron chi connectivity index (χ2n) is 5.01. The summed E-state index contributed by atoms with van der Waals surface area (Å²) in [6.07, 6.45) is 0. The van der Waals surface area contributed by atoms with E-state index < -0.39 is 0 Å². The first-order valence-electron chi connectivity index (χ1n) is 7.28. The van der Waals surface area contributed by atoms with Gasteiger partial charge in [-0.2, -0.15) is 0 Å². The molecular weight excluding hydrogens is 422 g/mol. The predicted molar refractivity (Wildman–Crippen MR) is 99.6 cm³/mol. The Morgan fingerprint density at radius 3 is 2.57 bits per heavy atom. The molecule has 23 heavy (non-hydrogen) atoms. The quantitative estimate of drug-likeness (QED) is 0.401. The largest absolute Gasteiger partial charge is 0.462 e. The first kappa shape index (κ1) is 16.3. The lowest BCUT2D eigenvalue weighted by molar-refractivity contribution is 0.0527. The third-order valence-corrected chi connectivity index (χ3v) is 4.67. The number of para-hydroxylation sites is 1. The van der Waals surface area contributed by atoms with Crippen molar-refractivity contribution in [1.82, 2.24) is 4.57 Å². The first-order valence-corrected chi connectivity index (χ1v) is 9.20. The molecule has 118 valence electrons. The van der Waals surface area contributed by atoms with Crippen LogP contribution in [0.25, 0.3) is 16.6 Å². The Morgan fingerprint density at radius 2 is 1.91 bits per heavy atom. The molecule has 0 bridgehead atoms. The lowest BCUT2D eigenvalue weighted by atomic mass is 10.1. The van der Waals surface area contributed by atoms with E-state index >= 15 is 0 Å². The first-order chi connectivity index (χ1) is 11.2. The number of halogens is 2. The highest BCUT2D eigenvalue weighted by atomic mass is 79.9. The van der Waals surface area contributed by atoms with Crippen molar-refractivity contribution >= 4 is 48.7 Å². The topological polar surface area (TPSA) is 31.2 Å². The zero-order valence-electron chi connectivity index (χ0n) is 12.6. The predicted octanol–water partition coefficient (Wildman–Crippen LogP) is 5.46. The van der Waals surface area contributed by atoms with Gasteiger partial charge in [0.05, 0.1) is 17.7 Å². The van der Waals surface area contributed by atoms with Gasteiger partial charge in [0.2, 0.25) is 0 Å². The molecule has 0 saturated carbocycles. The van der Waals surface area contributed by atoms with Gasteiger partial charge in [-0.3, -0.25) is 0 Å². The van der Waals surface area contributed by atoms with Crippen LogP contribution in [0.15, 0.2) is 53.0 Å². The van der Waals surface area contributed by atoms with Gasteiger partial charge in [-0.15, -0.1) is 0 Å². The van der Waals surface area contributed by atoms with Crippen molar-refractivity contribution in [3.05, 3.63) is 64.3 Å². The Morgan fingerprint density at radius 1 is 1.17 bits per heavy atom. The van der Waals surface area contributed by atoms with Gasteiger partial charge in [0, 0.05) is 26.6 Å². The number of esters is 1. The Labute approximate surface area is 151 Å². The number of carbonyl (C=O) groups excluding carboxylic acids is 1. The fourth-order valence-corrected chi connectivity index (χ4v) is 3.62. The van der Waals surface area contributed by atoms with E-state index in [9.17, 15) is 4.79 Å². The van der Waals surface area contributed by atoms with Crippen molar-refractivity contribution in [2.75, 3.05) is 6.61 Å². The highest BCUT2D eigenvalue weighted by Gasteiger charge is 2.23. The van der Waals surface area contributed by atoms with E-state index in [4.69, 9.17) is 4.74 Å². The lowest BCUT2D eigenvalue weighted by Gasteiger charge is -2.10. The third-order valence-electron chi connectivity index (χ3n) is 3.65. The maximum Gasteiger partial charge on any atom is 0.340 e. The highest BCUT2D eigenvalue weighted by molar-refractivity contribution is 9.10. The third kappa shape index (κ3) is 2.95. The van der Waals surface area contributed by atoms with Crippen LogP contribution in [-0.2, 0) is 10.1 Å². The molecule has 2 aromatic carbocycles. The van der Waals surface area contributed by atoms with E-state index in [-0.39, 0.29) is 5.97 Å². The molecule has 3 aromatic rings. The Balaban J connectivity index is 2.38. The lowest BCUT2D eigenvalue weighted by Crippen LogP contribution is -2.08. The number of fused-ring (bicyclic) bond motifs is 1. The van der Waals surface area contributed by atoms with Crippen LogP contribution in [0, 0.1) is 0 Å². The van der Waals surface area contributed by atoms with E-state index in [1.807, 2.05) is 55.5 Å². The van der Waals surface area contributed by atoms with Gasteiger partial charge in [0.15, 0.2) is 0 Å². The van der Waals surface area contributed by atoms with Crippen molar-refractivity contribution < 1.29 is 9.53 Å². The van der Waals surface area contributed by atoms with E-state index in [2.05, 4.69) is 36.4 Å². The summed E-state index contributed by atoms with van der Waals surface area (Å²) in [5.41, 5.74) is 3.50. The second-order valence-corrected chi connectivity index (χ2v) is 6.48. The molecule has 0 spiro atoms. The number of rotatable bonds is 4. The van der Waals surface area contributed by atoms with Gasteiger partial charge in [0.1, 0.15) is 0 Å². The number of hydrogen-bond donors (Lipinski definition) is 0. The number of benzene rings is 2. The fraction of sp³-hybridized carbons (Fsp3) is 0.167. The molecule has 0 amide bonds. The maximum absolute atomic E-state index is 12.5. The standard InChI is InChI=1S/C18H15Br2NO2/c1-2-23-18(22)17-14-9-8-12(20)10-15(14)21(16(17)11-19)13-6-4-3-5-7-13/h3-10H,2,11H2,1H3. The van der Waals surface area contributed by atoms with Gasteiger partial charge in [-0.1, -0.05) is 56.1 Å². The highest BCUT2D eigenvalue weighted by Crippen LogP contribution is 2.33. The smallest absolute Gasteiger partial charge is 0.340 e. The molecule has 0 N–H and O–H groups in total. The molecule has 0 aliphatic heterocycles. The molecule has 0 radical (unpaired) electrons. The van der Waals surface area contributed by atoms with Crippen molar-refractivity contribution in [3.63, 3.8) is 0 Å². The van der Waals surface area contributed by atoms with E-state index in [1.54, 1.807) is 0 Å². The van der Waals surface area contributed by atoms with Crippen LogP contribution in [0.1, 0.15) is 23.0 Å². The van der Waals surface area contributed by atoms with E-state index in [0.717, 1.165) is 26.8 Å². The zero-order chi connectivity index (χ0) is 16.4. The van der Waals surface area contributed by atoms with Gasteiger partial charge < -0.3 is 9.30 Å². The average molecular weight is 437 g/mol. The Kier molecular flexibility index (Phi) is 4.87. The minimum atomic E-state index is -0.288. The molecule has 0 atom stereocenters. The normalized spacial score (nSPS) is 10.9.